The normalized spacial score (nSPS) is 12.1. The highest BCUT2D eigenvalue weighted by atomic mass is 16.5. The van der Waals surface area contributed by atoms with Crippen LogP contribution in [0.2, 0.25) is 0 Å². The second-order valence-electron chi connectivity index (χ2n) is 4.51. The van der Waals surface area contributed by atoms with Crippen molar-refractivity contribution in [1.29, 1.82) is 0 Å². The van der Waals surface area contributed by atoms with E-state index in [1.807, 2.05) is 0 Å². The first kappa shape index (κ1) is 14.5. The minimum Gasteiger partial charge on any atom is -0.493 e. The third kappa shape index (κ3) is 5.19. The topological polar surface area (TPSA) is 64.3 Å². The first-order chi connectivity index (χ1) is 8.63. The van der Waals surface area contributed by atoms with E-state index in [4.69, 9.17) is 10.5 Å². The van der Waals surface area contributed by atoms with Crippen LogP contribution < -0.4 is 15.8 Å². The smallest absolute Gasteiger partial charge is 0.248 e. The Labute approximate surface area is 109 Å². The van der Waals surface area contributed by atoms with Crippen LogP contribution in [0.1, 0.15) is 30.6 Å². The lowest BCUT2D eigenvalue weighted by atomic mass is 10.2. The van der Waals surface area contributed by atoms with E-state index >= 15 is 0 Å². The zero-order chi connectivity index (χ0) is 13.4. The van der Waals surface area contributed by atoms with Crippen molar-refractivity contribution in [1.82, 2.24) is 5.32 Å². The van der Waals surface area contributed by atoms with Crippen LogP contribution in [0.4, 0.5) is 0 Å². The molecule has 4 heteroatoms. The molecule has 0 aliphatic heterocycles. The number of hydrogen-bond acceptors (Lipinski definition) is 3. The molecule has 3 N–H and O–H groups in total. The van der Waals surface area contributed by atoms with Gasteiger partial charge >= 0.3 is 0 Å². The summed E-state index contributed by atoms with van der Waals surface area (Å²) in [6.07, 6.45) is 1.14. The van der Waals surface area contributed by atoms with Gasteiger partial charge in [0.2, 0.25) is 5.91 Å². The van der Waals surface area contributed by atoms with E-state index in [1.165, 1.54) is 0 Å². The van der Waals surface area contributed by atoms with Gasteiger partial charge in [-0.3, -0.25) is 4.79 Å². The number of carbonyl (C=O) groups is 1. The largest absolute Gasteiger partial charge is 0.493 e. The number of rotatable bonds is 8. The van der Waals surface area contributed by atoms with E-state index in [2.05, 4.69) is 19.2 Å². The van der Waals surface area contributed by atoms with Gasteiger partial charge in [-0.2, -0.15) is 0 Å². The van der Waals surface area contributed by atoms with Crippen LogP contribution in [0, 0.1) is 5.92 Å². The quantitative estimate of drug-likeness (QED) is 0.691. The van der Waals surface area contributed by atoms with Crippen molar-refractivity contribution in [3.8, 4) is 5.75 Å². The van der Waals surface area contributed by atoms with E-state index in [0.717, 1.165) is 25.3 Å². The van der Waals surface area contributed by atoms with Crippen LogP contribution in [-0.4, -0.2) is 25.6 Å². The molecule has 1 rings (SSSR count). The highest BCUT2D eigenvalue weighted by molar-refractivity contribution is 5.92. The molecule has 4 nitrogen and oxygen atoms in total. The molecule has 0 bridgehead atoms. The van der Waals surface area contributed by atoms with Crippen molar-refractivity contribution >= 4 is 5.91 Å². The Morgan fingerprint density at radius 3 is 2.61 bits per heavy atom. The number of nitrogens with one attached hydrogen (secondary N) is 1. The lowest BCUT2D eigenvalue weighted by Crippen LogP contribution is -2.25. The van der Waals surface area contributed by atoms with E-state index < -0.39 is 5.91 Å². The summed E-state index contributed by atoms with van der Waals surface area (Å²) in [5.41, 5.74) is 5.67. The molecule has 1 amide bonds. The van der Waals surface area contributed by atoms with Gasteiger partial charge in [0.15, 0.2) is 0 Å². The van der Waals surface area contributed by atoms with Gasteiger partial charge in [0, 0.05) is 18.0 Å². The summed E-state index contributed by atoms with van der Waals surface area (Å²) in [4.78, 5) is 10.9. The molecule has 1 unspecified atom stereocenters. The number of primary amides is 1. The maximum Gasteiger partial charge on any atom is 0.248 e. The number of nitrogens with two attached hydrogens (primary N) is 1. The molecule has 0 aliphatic carbocycles. The van der Waals surface area contributed by atoms with Crippen LogP contribution in [-0.2, 0) is 0 Å². The minimum absolute atomic E-state index is 0.418. The summed E-state index contributed by atoms with van der Waals surface area (Å²) in [6, 6.07) is 6.90. The number of benzene rings is 1. The van der Waals surface area contributed by atoms with Crippen LogP contribution >= 0.6 is 0 Å². The fraction of sp³-hybridized carbons (Fsp3) is 0.500. The van der Waals surface area contributed by atoms with Gasteiger partial charge in [-0.1, -0.05) is 13.8 Å². The van der Waals surface area contributed by atoms with Crippen LogP contribution in [0.3, 0.4) is 0 Å². The SMILES string of the molecule is CCCNCC(C)COc1ccc(C(N)=O)cc1. The standard InChI is InChI=1S/C14H22N2O2/c1-3-8-16-9-11(2)10-18-13-6-4-12(5-7-13)14(15)17/h4-7,11,16H,3,8-10H2,1-2H3,(H2,15,17). The maximum absolute atomic E-state index is 10.9. The average molecular weight is 250 g/mol. The predicted molar refractivity (Wildman–Crippen MR) is 72.8 cm³/mol. The lowest BCUT2D eigenvalue weighted by molar-refractivity contribution is 0.1000. The van der Waals surface area contributed by atoms with Crippen molar-refractivity contribution in [2.45, 2.75) is 20.3 Å². The number of ether oxygens (including phenoxy) is 1. The zero-order valence-corrected chi connectivity index (χ0v) is 11.1. The Morgan fingerprint density at radius 1 is 1.39 bits per heavy atom. The van der Waals surface area contributed by atoms with Gasteiger partial charge < -0.3 is 15.8 Å². The molecule has 0 aromatic heterocycles. The Hall–Kier alpha value is -1.55. The maximum atomic E-state index is 10.9. The predicted octanol–water partition coefficient (Wildman–Crippen LogP) is 1.80. The van der Waals surface area contributed by atoms with Crippen LogP contribution in [0.5, 0.6) is 5.75 Å². The molecule has 100 valence electrons. The zero-order valence-electron chi connectivity index (χ0n) is 11.1. The first-order valence-electron chi connectivity index (χ1n) is 6.37. The second kappa shape index (κ2) is 7.71. The van der Waals surface area contributed by atoms with Crippen molar-refractivity contribution in [2.24, 2.45) is 11.7 Å². The van der Waals surface area contributed by atoms with Gasteiger partial charge in [-0.25, -0.2) is 0 Å². The summed E-state index contributed by atoms with van der Waals surface area (Å²) >= 11 is 0. The third-order valence-corrected chi connectivity index (χ3v) is 2.59. The second-order valence-corrected chi connectivity index (χ2v) is 4.51. The highest BCUT2D eigenvalue weighted by Gasteiger charge is 2.04. The monoisotopic (exact) mass is 250 g/mol. The molecular weight excluding hydrogens is 228 g/mol. The van der Waals surface area contributed by atoms with Crippen molar-refractivity contribution in [3.63, 3.8) is 0 Å². The molecule has 0 saturated heterocycles. The molecule has 18 heavy (non-hydrogen) atoms. The summed E-state index contributed by atoms with van der Waals surface area (Å²) in [5, 5.41) is 3.35. The minimum atomic E-state index is -0.418. The number of hydrogen-bond donors (Lipinski definition) is 2. The van der Waals surface area contributed by atoms with E-state index in [-0.39, 0.29) is 0 Å². The molecule has 0 heterocycles. The fourth-order valence-electron chi connectivity index (χ4n) is 1.54. The van der Waals surface area contributed by atoms with Crippen LogP contribution in [0.25, 0.3) is 0 Å². The Bertz CT molecular complexity index is 363. The molecular formula is C14H22N2O2. The average Bonchev–Trinajstić information content (AvgIpc) is 2.37. The fourth-order valence-corrected chi connectivity index (χ4v) is 1.54. The summed E-state index contributed by atoms with van der Waals surface area (Å²) in [5.74, 6) is 0.799. The van der Waals surface area contributed by atoms with Gasteiger partial charge in [-0.15, -0.1) is 0 Å². The van der Waals surface area contributed by atoms with Crippen molar-refractivity contribution < 1.29 is 9.53 Å². The number of amides is 1. The number of carbonyl (C=O) groups excluding carboxylic acids is 1. The summed E-state index contributed by atoms with van der Waals surface area (Å²) in [7, 11) is 0. The Kier molecular flexibility index (Phi) is 6.22. The van der Waals surface area contributed by atoms with Gasteiger partial charge in [0.1, 0.15) is 5.75 Å². The van der Waals surface area contributed by atoms with E-state index in [1.54, 1.807) is 24.3 Å². The van der Waals surface area contributed by atoms with Gasteiger partial charge in [0.05, 0.1) is 6.61 Å². The molecule has 0 saturated carbocycles. The molecule has 0 aliphatic rings. The van der Waals surface area contributed by atoms with E-state index in [9.17, 15) is 4.79 Å². The van der Waals surface area contributed by atoms with Crippen molar-refractivity contribution in [3.05, 3.63) is 29.8 Å². The molecule has 0 radical (unpaired) electrons. The molecule has 1 aromatic rings. The van der Waals surface area contributed by atoms with Gasteiger partial charge in [0.25, 0.3) is 0 Å². The summed E-state index contributed by atoms with van der Waals surface area (Å²) in [6.45, 7) is 6.94. The third-order valence-electron chi connectivity index (χ3n) is 2.59. The first-order valence-corrected chi connectivity index (χ1v) is 6.37. The Balaban J connectivity index is 2.32. The van der Waals surface area contributed by atoms with E-state index in [0.29, 0.717) is 18.1 Å². The van der Waals surface area contributed by atoms with Crippen molar-refractivity contribution in [2.75, 3.05) is 19.7 Å². The molecule has 0 fully saturated rings. The summed E-state index contributed by atoms with van der Waals surface area (Å²) < 4.78 is 5.64. The molecule has 1 aromatic carbocycles. The van der Waals surface area contributed by atoms with Crippen LogP contribution in [0.15, 0.2) is 24.3 Å². The molecule has 0 spiro atoms. The highest BCUT2D eigenvalue weighted by Crippen LogP contribution is 2.12. The van der Waals surface area contributed by atoms with Gasteiger partial charge in [-0.05, 0) is 37.2 Å². The Morgan fingerprint density at radius 2 is 2.06 bits per heavy atom. The molecule has 1 atom stereocenters. The lowest BCUT2D eigenvalue weighted by Gasteiger charge is -2.13.